The van der Waals surface area contributed by atoms with E-state index >= 15 is 0 Å². The van der Waals surface area contributed by atoms with Gasteiger partial charge in [0, 0.05) is 22.9 Å². The summed E-state index contributed by atoms with van der Waals surface area (Å²) >= 11 is 1.59. The minimum atomic E-state index is -0.181. The van der Waals surface area contributed by atoms with E-state index in [9.17, 15) is 0 Å². The molecule has 0 bridgehead atoms. The van der Waals surface area contributed by atoms with Gasteiger partial charge in [-0.05, 0) is 64.0 Å². The molecule has 1 aliphatic carbocycles. The number of rotatable bonds is 7. The fourth-order valence-corrected chi connectivity index (χ4v) is 5.85. The zero-order chi connectivity index (χ0) is 25.8. The number of aromatic nitrogens is 3. The van der Waals surface area contributed by atoms with Crippen molar-refractivity contribution < 1.29 is 4.74 Å². The highest BCUT2D eigenvalue weighted by Crippen LogP contribution is 2.41. The second-order valence-corrected chi connectivity index (χ2v) is 11.5. The van der Waals surface area contributed by atoms with Gasteiger partial charge in [-0.15, -0.1) is 10.2 Å². The van der Waals surface area contributed by atoms with Crippen molar-refractivity contribution in [2.45, 2.75) is 70.5 Å². The fourth-order valence-electron chi connectivity index (χ4n) is 5.11. The van der Waals surface area contributed by atoms with Gasteiger partial charge >= 0.3 is 0 Å². The second-order valence-electron chi connectivity index (χ2n) is 10.5. The van der Waals surface area contributed by atoms with Crippen LogP contribution in [0.15, 0.2) is 77.0 Å². The lowest BCUT2D eigenvalue weighted by Gasteiger charge is -2.35. The summed E-state index contributed by atoms with van der Waals surface area (Å²) in [7, 11) is 0. The van der Waals surface area contributed by atoms with Crippen LogP contribution in [0.4, 0.5) is 5.69 Å². The monoisotopic (exact) mass is 512 g/mol. The number of thioether (sulfide) groups is 1. The van der Waals surface area contributed by atoms with Gasteiger partial charge in [0.1, 0.15) is 0 Å². The average molecular weight is 513 g/mol. The summed E-state index contributed by atoms with van der Waals surface area (Å²) < 4.78 is 6.63. The highest BCUT2D eigenvalue weighted by atomic mass is 32.2. The summed E-state index contributed by atoms with van der Waals surface area (Å²) in [6, 6.07) is 16.8. The summed E-state index contributed by atoms with van der Waals surface area (Å²) in [5.41, 5.74) is 8.16. The van der Waals surface area contributed by atoms with Crippen LogP contribution < -0.4 is 10.1 Å². The molecule has 0 unspecified atom stereocenters. The Morgan fingerprint density at radius 1 is 1.11 bits per heavy atom. The minimum absolute atomic E-state index is 0.181. The van der Waals surface area contributed by atoms with E-state index in [0.717, 1.165) is 42.7 Å². The summed E-state index contributed by atoms with van der Waals surface area (Å²) in [5, 5.41) is 13.4. The van der Waals surface area contributed by atoms with Crippen LogP contribution in [0, 0.1) is 18.8 Å². The van der Waals surface area contributed by atoms with E-state index in [0.29, 0.717) is 28.6 Å². The van der Waals surface area contributed by atoms with Crippen LogP contribution in [-0.2, 0) is 5.75 Å². The van der Waals surface area contributed by atoms with Crippen molar-refractivity contribution in [3.05, 3.63) is 83.0 Å². The lowest BCUT2D eigenvalue weighted by atomic mass is 9.78. The highest BCUT2D eigenvalue weighted by Gasteiger charge is 2.34. The zero-order valence-electron chi connectivity index (χ0n) is 22.2. The molecular weight excluding hydrogens is 476 g/mol. The van der Waals surface area contributed by atoms with E-state index in [1.165, 1.54) is 16.7 Å². The quantitative estimate of drug-likeness (QED) is 0.256. The van der Waals surface area contributed by atoms with Crippen LogP contribution in [0.2, 0.25) is 0 Å². The maximum absolute atomic E-state index is 6.63. The Morgan fingerprint density at radius 2 is 1.92 bits per heavy atom. The number of benzene rings is 2. The first-order chi connectivity index (χ1) is 18.0. The fraction of sp³-hybridized carbons (Fsp3) is 0.387. The van der Waals surface area contributed by atoms with Gasteiger partial charge in [0.15, 0.2) is 11.9 Å². The summed E-state index contributed by atoms with van der Waals surface area (Å²) in [5.74, 6) is 2.20. The molecule has 3 aromatic rings. The predicted octanol–water partition coefficient (Wildman–Crippen LogP) is 7.99. The summed E-state index contributed by atoms with van der Waals surface area (Å²) in [6.45, 7) is 8.79. The van der Waals surface area contributed by atoms with E-state index in [2.05, 4.69) is 91.8 Å². The molecule has 2 heterocycles. The number of ether oxygens (including phenoxy) is 1. The first kappa shape index (κ1) is 25.5. The smallest absolute Gasteiger partial charge is 0.247 e. The van der Waals surface area contributed by atoms with E-state index in [1.807, 2.05) is 12.1 Å². The molecule has 5 rings (SSSR count). The van der Waals surface area contributed by atoms with Gasteiger partial charge in [-0.25, -0.2) is 0 Å². The number of allylic oxidation sites excluding steroid dienone is 4. The third-order valence-electron chi connectivity index (χ3n) is 7.24. The molecule has 2 aromatic carbocycles. The Morgan fingerprint density at radius 3 is 2.70 bits per heavy atom. The number of hydrogen-bond donors (Lipinski definition) is 1. The average Bonchev–Trinajstić information content (AvgIpc) is 3.04. The molecule has 0 saturated heterocycles. The number of nitrogens with one attached hydrogen (secondary N) is 1. The van der Waals surface area contributed by atoms with Gasteiger partial charge < -0.3 is 10.1 Å². The minimum Gasteiger partial charge on any atom is -0.452 e. The number of anilines is 1. The van der Waals surface area contributed by atoms with Crippen molar-refractivity contribution in [2.24, 2.45) is 11.8 Å². The third kappa shape index (κ3) is 6.24. The molecule has 0 radical (unpaired) electrons. The Hall–Kier alpha value is -3.12. The normalized spacial score (nSPS) is 20.4. The number of para-hydroxylation sites is 1. The Bertz CT molecular complexity index is 1300. The number of aryl methyl sites for hydroxylation is 1. The first-order valence-electron chi connectivity index (χ1n) is 13.2. The lowest BCUT2D eigenvalue weighted by Crippen LogP contribution is -2.39. The maximum Gasteiger partial charge on any atom is 0.247 e. The van der Waals surface area contributed by atoms with E-state index < -0.39 is 0 Å². The van der Waals surface area contributed by atoms with E-state index in [4.69, 9.17) is 9.72 Å². The van der Waals surface area contributed by atoms with Gasteiger partial charge in [0.2, 0.25) is 11.0 Å². The number of fused-ring (bicyclic) bond motifs is 3. The maximum atomic E-state index is 6.63. The van der Waals surface area contributed by atoms with Crippen LogP contribution in [0.3, 0.4) is 0 Å². The van der Waals surface area contributed by atoms with Crippen LogP contribution in [0.25, 0.3) is 11.3 Å². The largest absolute Gasteiger partial charge is 0.452 e. The van der Waals surface area contributed by atoms with Gasteiger partial charge in [-0.1, -0.05) is 90.0 Å². The van der Waals surface area contributed by atoms with Crippen molar-refractivity contribution in [3.8, 4) is 17.1 Å². The van der Waals surface area contributed by atoms with Gasteiger partial charge in [0.05, 0.1) is 0 Å². The lowest BCUT2D eigenvalue weighted by molar-refractivity contribution is 0.114. The Balaban J connectivity index is 1.37. The summed E-state index contributed by atoms with van der Waals surface area (Å²) in [4.78, 5) is 4.85. The molecule has 2 aliphatic rings. The molecule has 1 aromatic heterocycles. The molecule has 0 saturated carbocycles. The number of nitrogens with zero attached hydrogens (tertiary/aromatic N) is 3. The third-order valence-corrected chi connectivity index (χ3v) is 8.15. The van der Waals surface area contributed by atoms with Gasteiger partial charge in [-0.3, -0.25) is 0 Å². The van der Waals surface area contributed by atoms with Crippen LogP contribution in [-0.4, -0.2) is 21.4 Å². The van der Waals surface area contributed by atoms with Crippen LogP contribution in [0.1, 0.15) is 57.6 Å². The molecule has 37 heavy (non-hydrogen) atoms. The van der Waals surface area contributed by atoms with Gasteiger partial charge in [0.25, 0.3) is 0 Å². The predicted molar refractivity (Wildman–Crippen MR) is 153 cm³/mol. The molecule has 192 valence electrons. The molecule has 1 aliphatic heterocycles. The molecule has 0 spiro atoms. The molecule has 1 N–H and O–H groups in total. The van der Waals surface area contributed by atoms with Crippen molar-refractivity contribution in [2.75, 3.05) is 5.32 Å². The van der Waals surface area contributed by atoms with E-state index in [-0.39, 0.29) is 6.23 Å². The zero-order valence-corrected chi connectivity index (χ0v) is 23.0. The topological polar surface area (TPSA) is 59.9 Å². The molecule has 0 fully saturated rings. The Labute approximate surface area is 224 Å². The molecular formula is C31H36N4OS. The van der Waals surface area contributed by atoms with E-state index in [1.54, 1.807) is 17.3 Å². The standard InChI is InChI=1S/C31H36N4OS/c1-20(2)8-7-9-23-16-17-25(22(4)18-23)29-32-27-11-6-5-10-26(27)28-30(36-29)33-31(35-34-28)37-19-24-14-12-21(3)13-15-24/h5-6,8,10-16,22,25,29,32H,7,9,17-19H2,1-4H3/t22-,25+,29+/m0/s1. The second kappa shape index (κ2) is 11.5. The van der Waals surface area contributed by atoms with Crippen LogP contribution >= 0.6 is 11.8 Å². The van der Waals surface area contributed by atoms with Crippen molar-refractivity contribution in [1.29, 1.82) is 0 Å². The van der Waals surface area contributed by atoms with Crippen LogP contribution in [0.5, 0.6) is 5.88 Å². The first-order valence-corrected chi connectivity index (χ1v) is 14.2. The van der Waals surface area contributed by atoms with Gasteiger partial charge in [-0.2, -0.15) is 4.98 Å². The molecule has 3 atom stereocenters. The van der Waals surface area contributed by atoms with Crippen molar-refractivity contribution in [1.82, 2.24) is 15.2 Å². The SMILES string of the molecule is CC(C)=CCCC1=CC[C@@H]([C@@H]2Nc3ccccc3-c3nnc(SCc4ccc(C)cc4)nc3O2)[C@@H](C)C1. The highest BCUT2D eigenvalue weighted by molar-refractivity contribution is 7.98. The van der Waals surface area contributed by atoms with Crippen molar-refractivity contribution >= 4 is 17.4 Å². The molecule has 0 amide bonds. The summed E-state index contributed by atoms with van der Waals surface area (Å²) in [6.07, 6.45) is 8.96. The molecule has 5 nitrogen and oxygen atoms in total. The Kier molecular flexibility index (Phi) is 7.94. The molecule has 6 heteroatoms. The van der Waals surface area contributed by atoms with Crippen molar-refractivity contribution in [3.63, 3.8) is 0 Å². The number of hydrogen-bond acceptors (Lipinski definition) is 6.